The van der Waals surface area contributed by atoms with Crippen LogP contribution >= 0.6 is 15.9 Å². The largest absolute Gasteiger partial charge is 0.433 e. The average molecular weight is 401 g/mol. The number of hydrogen-bond acceptors (Lipinski definition) is 4. The maximum absolute atomic E-state index is 12.7. The number of alkyl halides is 3. The lowest BCUT2D eigenvalue weighted by molar-refractivity contribution is -0.141. The number of aromatic nitrogens is 2. The molecule has 1 saturated heterocycles. The first-order valence-corrected chi connectivity index (χ1v) is 8.33. The second-order valence-corrected chi connectivity index (χ2v) is 6.57. The van der Waals surface area contributed by atoms with E-state index >= 15 is 0 Å². The standard InChI is InChI=1S/C16H16BrF3N4/c17-13-4-2-1-3-11(13)9-24-8-6-12(10-24)22-15-21-7-5-14(23-15)16(18,19)20/h1-5,7,12H,6,8-10H2,(H,21,22,23). The van der Waals surface area contributed by atoms with Crippen LogP contribution in [0.2, 0.25) is 0 Å². The molecule has 0 aliphatic carbocycles. The molecular formula is C16H16BrF3N4. The van der Waals surface area contributed by atoms with Gasteiger partial charge in [-0.05, 0) is 24.1 Å². The van der Waals surface area contributed by atoms with Gasteiger partial charge in [0.1, 0.15) is 5.69 Å². The Morgan fingerprint density at radius 3 is 2.79 bits per heavy atom. The highest BCUT2D eigenvalue weighted by Crippen LogP contribution is 2.28. The first-order chi connectivity index (χ1) is 11.4. The zero-order chi connectivity index (χ0) is 17.2. The molecule has 0 spiro atoms. The van der Waals surface area contributed by atoms with Gasteiger partial charge in [0.2, 0.25) is 5.95 Å². The molecule has 0 amide bonds. The summed E-state index contributed by atoms with van der Waals surface area (Å²) in [5.74, 6) is 0.0255. The van der Waals surface area contributed by atoms with Gasteiger partial charge in [0.25, 0.3) is 0 Å². The number of anilines is 1. The summed E-state index contributed by atoms with van der Waals surface area (Å²) in [6.45, 7) is 2.40. The minimum absolute atomic E-state index is 0.0255. The van der Waals surface area contributed by atoms with Gasteiger partial charge in [-0.3, -0.25) is 4.90 Å². The fourth-order valence-corrected chi connectivity index (χ4v) is 3.14. The third-order valence-corrected chi connectivity index (χ3v) is 4.68. The molecule has 128 valence electrons. The fraction of sp³-hybridized carbons (Fsp3) is 0.375. The fourth-order valence-electron chi connectivity index (χ4n) is 2.73. The van der Waals surface area contributed by atoms with E-state index in [9.17, 15) is 13.2 Å². The highest BCUT2D eigenvalue weighted by atomic mass is 79.9. The second-order valence-electron chi connectivity index (χ2n) is 5.72. The van der Waals surface area contributed by atoms with Gasteiger partial charge in [0.15, 0.2) is 0 Å². The number of rotatable bonds is 4. The molecular weight excluding hydrogens is 385 g/mol. The lowest BCUT2D eigenvalue weighted by Gasteiger charge is -2.17. The highest BCUT2D eigenvalue weighted by molar-refractivity contribution is 9.10. The molecule has 1 fully saturated rings. The molecule has 1 aromatic heterocycles. The van der Waals surface area contributed by atoms with Crippen molar-refractivity contribution >= 4 is 21.9 Å². The molecule has 0 radical (unpaired) electrons. The van der Waals surface area contributed by atoms with E-state index in [0.29, 0.717) is 0 Å². The molecule has 1 aliphatic rings. The topological polar surface area (TPSA) is 41.1 Å². The van der Waals surface area contributed by atoms with E-state index in [1.807, 2.05) is 18.2 Å². The van der Waals surface area contributed by atoms with E-state index in [-0.39, 0.29) is 12.0 Å². The zero-order valence-corrected chi connectivity index (χ0v) is 14.3. The summed E-state index contributed by atoms with van der Waals surface area (Å²) >= 11 is 3.53. The van der Waals surface area contributed by atoms with E-state index < -0.39 is 11.9 Å². The Labute approximate surface area is 146 Å². The summed E-state index contributed by atoms with van der Waals surface area (Å²) in [4.78, 5) is 9.70. The van der Waals surface area contributed by atoms with Crippen molar-refractivity contribution in [1.29, 1.82) is 0 Å². The Balaban J connectivity index is 1.60. The molecule has 24 heavy (non-hydrogen) atoms. The van der Waals surface area contributed by atoms with Gasteiger partial charge in [-0.25, -0.2) is 9.97 Å². The lowest BCUT2D eigenvalue weighted by Crippen LogP contribution is -2.27. The van der Waals surface area contributed by atoms with Crippen LogP contribution in [0.3, 0.4) is 0 Å². The number of hydrogen-bond donors (Lipinski definition) is 1. The summed E-state index contributed by atoms with van der Waals surface area (Å²) in [5.41, 5.74) is 0.261. The van der Waals surface area contributed by atoms with Crippen molar-refractivity contribution in [2.24, 2.45) is 0 Å². The van der Waals surface area contributed by atoms with E-state index in [1.165, 1.54) is 5.56 Å². The lowest BCUT2D eigenvalue weighted by atomic mass is 10.2. The minimum atomic E-state index is -4.46. The van der Waals surface area contributed by atoms with Crippen molar-refractivity contribution in [3.8, 4) is 0 Å². The number of nitrogens with one attached hydrogen (secondary N) is 1. The Morgan fingerprint density at radius 1 is 1.25 bits per heavy atom. The van der Waals surface area contributed by atoms with Gasteiger partial charge in [0, 0.05) is 36.3 Å². The predicted octanol–water partition coefficient (Wildman–Crippen LogP) is 3.94. The molecule has 1 unspecified atom stereocenters. The van der Waals surface area contributed by atoms with Crippen LogP contribution in [0.25, 0.3) is 0 Å². The monoisotopic (exact) mass is 400 g/mol. The summed E-state index contributed by atoms with van der Waals surface area (Å²) in [7, 11) is 0. The van der Waals surface area contributed by atoms with Crippen LogP contribution in [0.15, 0.2) is 41.0 Å². The molecule has 0 saturated carbocycles. The summed E-state index contributed by atoms with van der Waals surface area (Å²) in [6.07, 6.45) is -2.49. The van der Waals surface area contributed by atoms with Gasteiger partial charge in [0.05, 0.1) is 0 Å². The minimum Gasteiger partial charge on any atom is -0.350 e. The number of likely N-dealkylation sites (tertiary alicyclic amines) is 1. The van der Waals surface area contributed by atoms with Crippen molar-refractivity contribution in [3.05, 3.63) is 52.3 Å². The SMILES string of the molecule is FC(F)(F)c1ccnc(NC2CCN(Cc3ccccc3Br)C2)n1. The predicted molar refractivity (Wildman–Crippen MR) is 88.5 cm³/mol. The summed E-state index contributed by atoms with van der Waals surface area (Å²) in [6, 6.07) is 8.92. The molecule has 4 nitrogen and oxygen atoms in total. The van der Waals surface area contributed by atoms with Crippen LogP contribution < -0.4 is 5.32 Å². The second kappa shape index (κ2) is 7.06. The van der Waals surface area contributed by atoms with Crippen LogP contribution in [-0.4, -0.2) is 34.0 Å². The summed E-state index contributed by atoms with van der Waals surface area (Å²) < 4.78 is 39.1. The first-order valence-electron chi connectivity index (χ1n) is 7.54. The molecule has 0 bridgehead atoms. The maximum Gasteiger partial charge on any atom is 0.433 e. The highest BCUT2D eigenvalue weighted by Gasteiger charge is 2.33. The van der Waals surface area contributed by atoms with Gasteiger partial charge in [-0.2, -0.15) is 13.2 Å². The van der Waals surface area contributed by atoms with Gasteiger partial charge >= 0.3 is 6.18 Å². The van der Waals surface area contributed by atoms with Crippen molar-refractivity contribution in [1.82, 2.24) is 14.9 Å². The first kappa shape index (κ1) is 17.2. The van der Waals surface area contributed by atoms with Crippen molar-refractivity contribution < 1.29 is 13.2 Å². The van der Waals surface area contributed by atoms with Gasteiger partial charge in [-0.1, -0.05) is 34.1 Å². The average Bonchev–Trinajstić information content (AvgIpc) is 2.96. The number of nitrogens with zero attached hydrogens (tertiary/aromatic N) is 3. The maximum atomic E-state index is 12.7. The smallest absolute Gasteiger partial charge is 0.350 e. The molecule has 2 heterocycles. The normalized spacial score (nSPS) is 18.8. The molecule has 1 atom stereocenters. The third kappa shape index (κ3) is 4.24. The Kier molecular flexibility index (Phi) is 5.05. The van der Waals surface area contributed by atoms with E-state index in [2.05, 4.69) is 42.2 Å². The van der Waals surface area contributed by atoms with Crippen LogP contribution in [0.1, 0.15) is 17.7 Å². The van der Waals surface area contributed by atoms with E-state index in [1.54, 1.807) is 0 Å². The molecule has 1 N–H and O–H groups in total. The third-order valence-electron chi connectivity index (χ3n) is 3.90. The quantitative estimate of drug-likeness (QED) is 0.843. The molecule has 2 aromatic rings. The van der Waals surface area contributed by atoms with Crippen LogP contribution in [0, 0.1) is 0 Å². The molecule has 8 heteroatoms. The zero-order valence-electron chi connectivity index (χ0n) is 12.7. The van der Waals surface area contributed by atoms with Crippen molar-refractivity contribution in [2.75, 3.05) is 18.4 Å². The van der Waals surface area contributed by atoms with Gasteiger partial charge in [-0.15, -0.1) is 0 Å². The van der Waals surface area contributed by atoms with E-state index in [0.717, 1.165) is 42.8 Å². The Bertz CT molecular complexity index is 708. The Morgan fingerprint density at radius 2 is 2.04 bits per heavy atom. The van der Waals surface area contributed by atoms with Crippen molar-refractivity contribution in [2.45, 2.75) is 25.2 Å². The molecule has 1 aromatic carbocycles. The van der Waals surface area contributed by atoms with Crippen LogP contribution in [0.4, 0.5) is 19.1 Å². The van der Waals surface area contributed by atoms with Crippen molar-refractivity contribution in [3.63, 3.8) is 0 Å². The number of benzene rings is 1. The summed E-state index contributed by atoms with van der Waals surface area (Å²) in [5, 5.41) is 3.01. The van der Waals surface area contributed by atoms with Crippen LogP contribution in [-0.2, 0) is 12.7 Å². The molecule has 3 rings (SSSR count). The molecule has 1 aliphatic heterocycles. The Hall–Kier alpha value is -1.67. The van der Waals surface area contributed by atoms with Gasteiger partial charge < -0.3 is 5.32 Å². The van der Waals surface area contributed by atoms with Crippen LogP contribution in [0.5, 0.6) is 0 Å². The number of halogens is 4. The van der Waals surface area contributed by atoms with E-state index in [4.69, 9.17) is 0 Å².